The second-order valence-electron chi connectivity index (χ2n) is 8.21. The van der Waals surface area contributed by atoms with Crippen LogP contribution in [0.25, 0.3) is 0 Å². The quantitative estimate of drug-likeness (QED) is 0.418. The molecule has 2 aromatic carbocycles. The van der Waals surface area contributed by atoms with Gasteiger partial charge in [-0.2, -0.15) is 5.10 Å². The molecule has 1 amide bonds. The Balaban J connectivity index is 1.44. The molecule has 0 aliphatic carbocycles. The van der Waals surface area contributed by atoms with E-state index in [-0.39, 0.29) is 18.1 Å². The van der Waals surface area contributed by atoms with Gasteiger partial charge in [0.25, 0.3) is 11.5 Å². The topological polar surface area (TPSA) is 78.2 Å². The molecule has 4 rings (SSSR count). The van der Waals surface area contributed by atoms with Crippen LogP contribution in [-0.2, 0) is 31.0 Å². The van der Waals surface area contributed by atoms with Crippen molar-refractivity contribution < 1.29 is 9.53 Å². The summed E-state index contributed by atoms with van der Waals surface area (Å²) in [7, 11) is 1.59. The molecule has 2 aromatic heterocycles. The van der Waals surface area contributed by atoms with Crippen LogP contribution in [0.2, 0.25) is 0 Å². The first-order chi connectivity index (χ1) is 16.5. The van der Waals surface area contributed by atoms with Gasteiger partial charge in [-0.15, -0.1) is 0 Å². The third-order valence-electron chi connectivity index (χ3n) is 5.68. The molecular formula is C27H28N4O3. The first-order valence-electron chi connectivity index (χ1n) is 11.1. The smallest absolute Gasteiger partial charge is 0.255 e. The summed E-state index contributed by atoms with van der Waals surface area (Å²) in [5.41, 5.74) is 5.38. The van der Waals surface area contributed by atoms with E-state index in [1.165, 1.54) is 0 Å². The summed E-state index contributed by atoms with van der Waals surface area (Å²) in [6.07, 6.45) is 3.54. The molecule has 7 heteroatoms. The Morgan fingerprint density at radius 1 is 0.971 bits per heavy atom. The van der Waals surface area contributed by atoms with Crippen LogP contribution >= 0.6 is 0 Å². The third kappa shape index (κ3) is 5.68. The van der Waals surface area contributed by atoms with Gasteiger partial charge in [-0.05, 0) is 35.2 Å². The van der Waals surface area contributed by atoms with E-state index < -0.39 is 0 Å². The summed E-state index contributed by atoms with van der Waals surface area (Å²) in [6.45, 7) is 3.78. The highest BCUT2D eigenvalue weighted by atomic mass is 16.5. The van der Waals surface area contributed by atoms with Crippen LogP contribution in [0.1, 0.15) is 38.3 Å². The molecule has 0 saturated carbocycles. The molecule has 2 heterocycles. The van der Waals surface area contributed by atoms with Crippen LogP contribution in [0.4, 0.5) is 0 Å². The number of aryl methyl sites for hydroxylation is 1. The van der Waals surface area contributed by atoms with Crippen LogP contribution in [-0.4, -0.2) is 27.4 Å². The predicted molar refractivity (Wildman–Crippen MR) is 131 cm³/mol. The summed E-state index contributed by atoms with van der Waals surface area (Å²) < 4.78 is 8.69. The van der Waals surface area contributed by atoms with Crippen LogP contribution in [0, 0.1) is 6.92 Å². The highest BCUT2D eigenvalue weighted by Crippen LogP contribution is 2.13. The van der Waals surface area contributed by atoms with E-state index in [1.807, 2.05) is 61.5 Å². The first-order valence-corrected chi connectivity index (χ1v) is 11.1. The van der Waals surface area contributed by atoms with Gasteiger partial charge in [-0.1, -0.05) is 54.6 Å². The number of nitrogens with one attached hydrogen (secondary N) is 1. The molecule has 0 bridgehead atoms. The number of benzene rings is 2. The Labute approximate surface area is 198 Å². The van der Waals surface area contributed by atoms with Gasteiger partial charge >= 0.3 is 0 Å². The fourth-order valence-electron chi connectivity index (χ4n) is 3.78. The maximum absolute atomic E-state index is 12.9. The summed E-state index contributed by atoms with van der Waals surface area (Å²) >= 11 is 0. The number of carbonyl (C=O) groups is 1. The van der Waals surface area contributed by atoms with Gasteiger partial charge in [-0.3, -0.25) is 14.3 Å². The second kappa shape index (κ2) is 10.8. The van der Waals surface area contributed by atoms with Crippen molar-refractivity contribution >= 4 is 5.91 Å². The molecule has 0 aliphatic rings. The van der Waals surface area contributed by atoms with E-state index in [1.54, 1.807) is 40.9 Å². The molecular weight excluding hydrogens is 428 g/mol. The Bertz CT molecular complexity index is 1320. The minimum absolute atomic E-state index is 0.0259. The number of amides is 1. The number of hydrogen-bond acceptors (Lipinski definition) is 4. The molecule has 0 atom stereocenters. The van der Waals surface area contributed by atoms with Gasteiger partial charge in [0.2, 0.25) is 0 Å². The van der Waals surface area contributed by atoms with Gasteiger partial charge in [0, 0.05) is 32.1 Å². The van der Waals surface area contributed by atoms with Crippen LogP contribution in [0.3, 0.4) is 0 Å². The lowest BCUT2D eigenvalue weighted by Crippen LogP contribution is -2.24. The lowest BCUT2D eigenvalue weighted by molar-refractivity contribution is 0.0946. The minimum Gasteiger partial charge on any atom is -0.378 e. The van der Waals surface area contributed by atoms with E-state index in [4.69, 9.17) is 4.74 Å². The van der Waals surface area contributed by atoms with Crippen molar-refractivity contribution in [1.82, 2.24) is 19.7 Å². The van der Waals surface area contributed by atoms with Gasteiger partial charge in [0.1, 0.15) is 5.69 Å². The third-order valence-corrected chi connectivity index (χ3v) is 5.68. The van der Waals surface area contributed by atoms with E-state index in [2.05, 4.69) is 10.4 Å². The van der Waals surface area contributed by atoms with Crippen molar-refractivity contribution in [3.05, 3.63) is 123 Å². The maximum atomic E-state index is 12.9. The Kier molecular flexibility index (Phi) is 7.34. The molecule has 0 radical (unpaired) electrons. The largest absolute Gasteiger partial charge is 0.378 e. The summed E-state index contributed by atoms with van der Waals surface area (Å²) in [5, 5.41) is 7.57. The monoisotopic (exact) mass is 456 g/mol. The zero-order valence-corrected chi connectivity index (χ0v) is 19.4. The minimum atomic E-state index is -0.176. The second-order valence-corrected chi connectivity index (χ2v) is 8.21. The van der Waals surface area contributed by atoms with Gasteiger partial charge in [-0.25, -0.2) is 0 Å². The number of nitrogens with zero attached hydrogens (tertiary/aromatic N) is 3. The van der Waals surface area contributed by atoms with Gasteiger partial charge in [0.15, 0.2) is 0 Å². The van der Waals surface area contributed by atoms with E-state index >= 15 is 0 Å². The standard InChI is InChI=1S/C27H28N4O3/c1-20-7-3-4-8-23(20)15-28-27(33)24-18-31(29-25(24)19-34-2)17-22-12-10-21(11-13-22)16-30-14-6-5-9-26(30)32/h3-14,18H,15-17,19H2,1-2H3,(H,28,33). The first kappa shape index (κ1) is 23.2. The Hall–Kier alpha value is -3.97. The molecule has 4 aromatic rings. The highest BCUT2D eigenvalue weighted by molar-refractivity contribution is 5.95. The number of carbonyl (C=O) groups excluding carboxylic acids is 1. The average molecular weight is 457 g/mol. The number of aromatic nitrogens is 3. The van der Waals surface area contributed by atoms with Crippen LogP contribution < -0.4 is 10.9 Å². The molecule has 0 unspecified atom stereocenters. The zero-order valence-electron chi connectivity index (χ0n) is 19.4. The van der Waals surface area contributed by atoms with Crippen molar-refractivity contribution in [3.63, 3.8) is 0 Å². The highest BCUT2D eigenvalue weighted by Gasteiger charge is 2.17. The maximum Gasteiger partial charge on any atom is 0.255 e. The number of rotatable bonds is 9. The van der Waals surface area contributed by atoms with E-state index in [0.29, 0.717) is 30.9 Å². The summed E-state index contributed by atoms with van der Waals surface area (Å²) in [5.74, 6) is -0.176. The Morgan fingerprint density at radius 3 is 2.38 bits per heavy atom. The molecule has 0 aliphatic heterocycles. The fourth-order valence-corrected chi connectivity index (χ4v) is 3.78. The molecule has 0 fully saturated rings. The van der Waals surface area contributed by atoms with E-state index in [9.17, 15) is 9.59 Å². The number of methoxy groups -OCH3 is 1. The zero-order chi connectivity index (χ0) is 23.9. The molecule has 34 heavy (non-hydrogen) atoms. The summed E-state index contributed by atoms with van der Waals surface area (Å²) in [6, 6.07) is 21.2. The lowest BCUT2D eigenvalue weighted by Gasteiger charge is -2.07. The molecule has 0 spiro atoms. The van der Waals surface area contributed by atoms with Crippen LogP contribution in [0.5, 0.6) is 0 Å². The molecule has 1 N–H and O–H groups in total. The predicted octanol–water partition coefficient (Wildman–Crippen LogP) is 3.53. The Morgan fingerprint density at radius 2 is 1.68 bits per heavy atom. The molecule has 0 saturated heterocycles. The lowest BCUT2D eigenvalue weighted by atomic mass is 10.1. The van der Waals surface area contributed by atoms with Crippen molar-refractivity contribution in [2.75, 3.05) is 7.11 Å². The van der Waals surface area contributed by atoms with Crippen molar-refractivity contribution in [3.8, 4) is 0 Å². The normalized spacial score (nSPS) is 10.9. The molecule has 7 nitrogen and oxygen atoms in total. The summed E-state index contributed by atoms with van der Waals surface area (Å²) in [4.78, 5) is 24.8. The molecule has 174 valence electrons. The number of ether oxygens (including phenoxy) is 1. The van der Waals surface area contributed by atoms with Gasteiger partial charge < -0.3 is 14.6 Å². The van der Waals surface area contributed by atoms with Crippen molar-refractivity contribution in [1.29, 1.82) is 0 Å². The van der Waals surface area contributed by atoms with E-state index in [0.717, 1.165) is 22.3 Å². The average Bonchev–Trinajstić information content (AvgIpc) is 3.23. The fraction of sp³-hybridized carbons (Fsp3) is 0.222. The SMILES string of the molecule is COCc1nn(Cc2ccc(Cn3ccccc3=O)cc2)cc1C(=O)NCc1ccccc1C. The van der Waals surface area contributed by atoms with Gasteiger partial charge in [0.05, 0.1) is 25.3 Å². The number of hydrogen-bond donors (Lipinski definition) is 1. The van der Waals surface area contributed by atoms with Crippen molar-refractivity contribution in [2.24, 2.45) is 0 Å². The number of pyridine rings is 1. The van der Waals surface area contributed by atoms with Crippen molar-refractivity contribution in [2.45, 2.75) is 33.2 Å². The van der Waals surface area contributed by atoms with Crippen LogP contribution in [0.15, 0.2) is 83.9 Å².